The number of nitrogens with one attached hydrogen (secondary N) is 1. The number of nitrogens with zero attached hydrogens (tertiary/aromatic N) is 2. The lowest BCUT2D eigenvalue weighted by Crippen LogP contribution is -2.40. The van der Waals surface area contributed by atoms with E-state index in [1.54, 1.807) is 47.5 Å². The van der Waals surface area contributed by atoms with E-state index in [2.05, 4.69) is 9.71 Å². The van der Waals surface area contributed by atoms with Crippen molar-refractivity contribution in [2.24, 2.45) is 0 Å². The molecular formula is C20H19N3O4S. The fraction of sp³-hybridized carbons (Fsp3) is 0.200. The molecule has 1 aliphatic heterocycles. The van der Waals surface area contributed by atoms with Crippen LogP contribution in [0.2, 0.25) is 0 Å². The number of sulfonamides is 1. The van der Waals surface area contributed by atoms with Crippen LogP contribution in [0.15, 0.2) is 65.7 Å². The first kappa shape index (κ1) is 18.4. The fourth-order valence-electron chi connectivity index (χ4n) is 3.17. The van der Waals surface area contributed by atoms with E-state index in [9.17, 15) is 13.2 Å². The number of aromatic nitrogens is 1. The number of hydrogen-bond donors (Lipinski definition) is 1. The highest BCUT2D eigenvalue weighted by atomic mass is 32.2. The Morgan fingerprint density at radius 1 is 1.04 bits per heavy atom. The van der Waals surface area contributed by atoms with E-state index in [0.717, 1.165) is 5.39 Å². The molecule has 4 rings (SSSR count). The summed E-state index contributed by atoms with van der Waals surface area (Å²) in [4.78, 5) is 18.6. The van der Waals surface area contributed by atoms with Gasteiger partial charge in [-0.3, -0.25) is 14.5 Å². The molecule has 0 aliphatic carbocycles. The molecule has 0 saturated carbocycles. The van der Waals surface area contributed by atoms with Gasteiger partial charge in [0.1, 0.15) is 4.90 Å². The second kappa shape index (κ2) is 7.57. The number of hydrogen-bond acceptors (Lipinski definition) is 5. The highest BCUT2D eigenvalue weighted by Gasteiger charge is 2.21. The summed E-state index contributed by atoms with van der Waals surface area (Å²) in [6.45, 7) is 2.06. The summed E-state index contributed by atoms with van der Waals surface area (Å²) in [5, 5.41) is 0.738. The van der Waals surface area contributed by atoms with Crippen LogP contribution in [0.3, 0.4) is 0 Å². The highest BCUT2D eigenvalue weighted by Crippen LogP contribution is 2.24. The molecular weight excluding hydrogens is 378 g/mol. The second-order valence-corrected chi connectivity index (χ2v) is 8.07. The summed E-state index contributed by atoms with van der Waals surface area (Å²) >= 11 is 0. The Balaban J connectivity index is 1.62. The first-order valence-electron chi connectivity index (χ1n) is 8.88. The maximum Gasteiger partial charge on any atom is 0.264 e. The minimum atomic E-state index is -3.86. The van der Waals surface area contributed by atoms with E-state index in [1.165, 1.54) is 6.07 Å². The van der Waals surface area contributed by atoms with Gasteiger partial charge in [0, 0.05) is 35.9 Å². The highest BCUT2D eigenvalue weighted by molar-refractivity contribution is 7.93. The average Bonchev–Trinajstić information content (AvgIpc) is 2.73. The number of amides is 1. The first-order valence-corrected chi connectivity index (χ1v) is 10.4. The van der Waals surface area contributed by atoms with E-state index < -0.39 is 10.0 Å². The van der Waals surface area contributed by atoms with Gasteiger partial charge in [-0.05, 0) is 30.3 Å². The Hall–Kier alpha value is -2.97. The van der Waals surface area contributed by atoms with Crippen LogP contribution < -0.4 is 4.72 Å². The van der Waals surface area contributed by atoms with Crippen LogP contribution in [0.5, 0.6) is 0 Å². The summed E-state index contributed by atoms with van der Waals surface area (Å²) in [5.74, 6) is -0.142. The molecule has 0 spiro atoms. The third kappa shape index (κ3) is 3.69. The van der Waals surface area contributed by atoms with Crippen molar-refractivity contribution in [2.75, 3.05) is 31.0 Å². The molecule has 2 heterocycles. The molecule has 1 amide bonds. The van der Waals surface area contributed by atoms with Crippen molar-refractivity contribution in [3.63, 3.8) is 0 Å². The van der Waals surface area contributed by atoms with Crippen molar-refractivity contribution < 1.29 is 17.9 Å². The van der Waals surface area contributed by atoms with Crippen molar-refractivity contribution in [2.45, 2.75) is 4.90 Å². The number of benzene rings is 2. The molecule has 8 heteroatoms. The lowest BCUT2D eigenvalue weighted by molar-refractivity contribution is 0.0303. The average molecular weight is 397 g/mol. The molecule has 1 fully saturated rings. The normalized spacial score (nSPS) is 14.8. The number of carbonyl (C=O) groups is 1. The lowest BCUT2D eigenvalue weighted by Gasteiger charge is -2.27. The quantitative estimate of drug-likeness (QED) is 0.731. The van der Waals surface area contributed by atoms with Crippen molar-refractivity contribution in [1.29, 1.82) is 0 Å². The Morgan fingerprint density at radius 3 is 2.61 bits per heavy atom. The van der Waals surface area contributed by atoms with Crippen LogP contribution >= 0.6 is 0 Å². The van der Waals surface area contributed by atoms with Crippen LogP contribution in [0.25, 0.3) is 10.9 Å². The molecule has 28 heavy (non-hydrogen) atoms. The Kier molecular flexibility index (Phi) is 4.97. The van der Waals surface area contributed by atoms with E-state index in [-0.39, 0.29) is 10.8 Å². The monoisotopic (exact) mass is 397 g/mol. The van der Waals surface area contributed by atoms with Gasteiger partial charge in [0.25, 0.3) is 15.9 Å². The number of anilines is 1. The summed E-state index contributed by atoms with van der Waals surface area (Å²) in [6.07, 6.45) is 1.56. The summed E-state index contributed by atoms with van der Waals surface area (Å²) in [7, 11) is -3.86. The Morgan fingerprint density at radius 2 is 1.79 bits per heavy atom. The number of morpholine rings is 1. The van der Waals surface area contributed by atoms with Gasteiger partial charge in [-0.15, -0.1) is 0 Å². The molecule has 0 atom stereocenters. The van der Waals surface area contributed by atoms with Crippen molar-refractivity contribution in [3.8, 4) is 0 Å². The third-order valence-electron chi connectivity index (χ3n) is 4.55. The SMILES string of the molecule is O=C(c1cccc(NS(=O)(=O)c2cccc3cccnc23)c1)N1CCOCC1. The van der Waals surface area contributed by atoms with E-state index >= 15 is 0 Å². The number of para-hydroxylation sites is 1. The molecule has 0 unspecified atom stereocenters. The summed E-state index contributed by atoms with van der Waals surface area (Å²) in [5.41, 5.74) is 1.16. The van der Waals surface area contributed by atoms with Crippen molar-refractivity contribution in [1.82, 2.24) is 9.88 Å². The molecule has 2 aromatic carbocycles. The predicted octanol–water partition coefficient (Wildman–Crippen LogP) is 2.51. The van der Waals surface area contributed by atoms with Gasteiger partial charge in [0.2, 0.25) is 0 Å². The first-order chi connectivity index (χ1) is 13.5. The number of ether oxygens (including phenoxy) is 1. The number of pyridine rings is 1. The maximum absolute atomic E-state index is 12.9. The van der Waals surface area contributed by atoms with Crippen LogP contribution in [0.1, 0.15) is 10.4 Å². The standard InChI is InChI=1S/C20H19N3O4S/c24-20(23-10-12-27-13-11-23)16-5-1-7-17(14-16)22-28(25,26)18-8-2-4-15-6-3-9-21-19(15)18/h1-9,14,22H,10-13H2. The van der Waals surface area contributed by atoms with Gasteiger partial charge < -0.3 is 9.64 Å². The Labute approximate surface area is 163 Å². The molecule has 0 radical (unpaired) electrons. The fourth-order valence-corrected chi connectivity index (χ4v) is 4.40. The predicted molar refractivity (Wildman–Crippen MR) is 106 cm³/mol. The molecule has 1 aromatic heterocycles. The lowest BCUT2D eigenvalue weighted by atomic mass is 10.1. The zero-order valence-electron chi connectivity index (χ0n) is 15.0. The molecule has 3 aromatic rings. The molecule has 0 bridgehead atoms. The van der Waals surface area contributed by atoms with E-state index in [1.807, 2.05) is 12.1 Å². The minimum Gasteiger partial charge on any atom is -0.378 e. The number of rotatable bonds is 4. The smallest absolute Gasteiger partial charge is 0.264 e. The van der Waals surface area contributed by atoms with Gasteiger partial charge in [-0.2, -0.15) is 0 Å². The second-order valence-electron chi connectivity index (χ2n) is 6.42. The maximum atomic E-state index is 12.9. The topological polar surface area (TPSA) is 88.6 Å². The van der Waals surface area contributed by atoms with Gasteiger partial charge >= 0.3 is 0 Å². The van der Waals surface area contributed by atoms with Crippen LogP contribution in [0, 0.1) is 0 Å². The molecule has 1 N–H and O–H groups in total. The van der Waals surface area contributed by atoms with Gasteiger partial charge in [-0.1, -0.05) is 24.3 Å². The third-order valence-corrected chi connectivity index (χ3v) is 5.96. The van der Waals surface area contributed by atoms with E-state index in [4.69, 9.17) is 4.74 Å². The molecule has 1 saturated heterocycles. The van der Waals surface area contributed by atoms with E-state index in [0.29, 0.717) is 43.1 Å². The van der Waals surface area contributed by atoms with Gasteiger partial charge in [-0.25, -0.2) is 8.42 Å². The number of carbonyl (C=O) groups excluding carboxylic acids is 1. The van der Waals surface area contributed by atoms with Crippen LogP contribution in [-0.2, 0) is 14.8 Å². The largest absolute Gasteiger partial charge is 0.378 e. The van der Waals surface area contributed by atoms with Crippen LogP contribution in [-0.4, -0.2) is 50.5 Å². The van der Waals surface area contributed by atoms with Crippen LogP contribution in [0.4, 0.5) is 5.69 Å². The van der Waals surface area contributed by atoms with Crippen molar-refractivity contribution >= 4 is 32.5 Å². The molecule has 144 valence electrons. The summed E-state index contributed by atoms with van der Waals surface area (Å²) in [6, 6.07) is 15.1. The minimum absolute atomic E-state index is 0.0931. The molecule has 7 nitrogen and oxygen atoms in total. The zero-order chi connectivity index (χ0) is 19.6. The zero-order valence-corrected chi connectivity index (χ0v) is 15.9. The Bertz CT molecular complexity index is 1120. The molecule has 1 aliphatic rings. The summed E-state index contributed by atoms with van der Waals surface area (Å²) < 4.78 is 33.7. The van der Waals surface area contributed by atoms with Gasteiger partial charge in [0.15, 0.2) is 0 Å². The van der Waals surface area contributed by atoms with Gasteiger partial charge in [0.05, 0.1) is 18.7 Å². The van der Waals surface area contributed by atoms with Crippen molar-refractivity contribution in [3.05, 3.63) is 66.4 Å². The number of fused-ring (bicyclic) bond motifs is 1.